The topological polar surface area (TPSA) is 46.5 Å². The van der Waals surface area contributed by atoms with Gasteiger partial charge in [0.05, 0.1) is 6.61 Å². The highest BCUT2D eigenvalue weighted by molar-refractivity contribution is 8.13. The highest BCUT2D eigenvalue weighted by atomic mass is 32.2. The minimum atomic E-state index is -1.08. The molecule has 0 heterocycles. The maximum atomic E-state index is 11.9. The van der Waals surface area contributed by atoms with Crippen LogP contribution in [0.15, 0.2) is 30.3 Å². The molecule has 0 amide bonds. The van der Waals surface area contributed by atoms with Crippen molar-refractivity contribution in [3.05, 3.63) is 35.9 Å². The van der Waals surface area contributed by atoms with Gasteiger partial charge in [-0.3, -0.25) is 4.79 Å². The molecule has 0 aliphatic carbocycles. The molecule has 1 aromatic carbocycles. The summed E-state index contributed by atoms with van der Waals surface area (Å²) in [6.07, 6.45) is -1.99. The van der Waals surface area contributed by atoms with Gasteiger partial charge in [-0.25, -0.2) is 0 Å². The van der Waals surface area contributed by atoms with Gasteiger partial charge in [0, 0.05) is 0 Å². The predicted molar refractivity (Wildman–Crippen MR) is 77.6 cm³/mol. The van der Waals surface area contributed by atoms with Crippen molar-refractivity contribution in [2.45, 2.75) is 32.7 Å². The first-order valence-corrected chi connectivity index (χ1v) is 7.10. The van der Waals surface area contributed by atoms with Crippen LogP contribution in [0.5, 0.6) is 0 Å². The zero-order chi connectivity index (χ0) is 14.1. The van der Waals surface area contributed by atoms with Crippen LogP contribution < -0.4 is 0 Å². The summed E-state index contributed by atoms with van der Waals surface area (Å²) >= 11 is 1.14. The van der Waals surface area contributed by atoms with Gasteiger partial charge in [0.15, 0.2) is 6.10 Å². The van der Waals surface area contributed by atoms with Crippen molar-refractivity contribution in [2.24, 2.45) is 0 Å². The normalized spacial score (nSPS) is 13.2. The number of rotatable bonds is 6. The molecule has 0 spiro atoms. The van der Waals surface area contributed by atoms with Gasteiger partial charge < -0.3 is 9.84 Å². The fourth-order valence-corrected chi connectivity index (χ4v) is 2.14. The summed E-state index contributed by atoms with van der Waals surface area (Å²) in [6.45, 7) is 3.79. The first kappa shape index (κ1) is 15.8. The summed E-state index contributed by atoms with van der Waals surface area (Å²) in [6, 6.07) is 9.53. The lowest BCUT2D eigenvalue weighted by molar-refractivity contribution is -0.127. The first-order chi connectivity index (χ1) is 9.19. The molecule has 0 aliphatic heterocycles. The van der Waals surface area contributed by atoms with Gasteiger partial charge in [0.25, 0.3) is 0 Å². The van der Waals surface area contributed by atoms with E-state index in [1.165, 1.54) is 0 Å². The van der Waals surface area contributed by atoms with Gasteiger partial charge in [0.2, 0.25) is 5.12 Å². The average Bonchev–Trinajstić information content (AvgIpc) is 2.41. The molecule has 0 bridgehead atoms. The van der Waals surface area contributed by atoms with Crippen LogP contribution in [0.2, 0.25) is 0 Å². The van der Waals surface area contributed by atoms with Crippen molar-refractivity contribution >= 4 is 16.9 Å². The van der Waals surface area contributed by atoms with E-state index in [1.807, 2.05) is 37.3 Å². The maximum absolute atomic E-state index is 11.9. The minimum Gasteiger partial charge on any atom is -0.377 e. The van der Waals surface area contributed by atoms with E-state index in [2.05, 4.69) is 11.8 Å². The number of ether oxygens (including phenoxy) is 1. The Kier molecular flexibility index (Phi) is 7.27. The van der Waals surface area contributed by atoms with Crippen molar-refractivity contribution in [1.29, 1.82) is 0 Å². The lowest BCUT2D eigenvalue weighted by Crippen LogP contribution is -2.34. The molecule has 0 saturated carbocycles. The molecule has 0 fully saturated rings. The van der Waals surface area contributed by atoms with Gasteiger partial charge in [-0.15, -0.1) is 5.92 Å². The summed E-state index contributed by atoms with van der Waals surface area (Å²) < 4.78 is 5.53. The molecule has 0 saturated heterocycles. The Balaban J connectivity index is 2.68. The number of thioether (sulfide) groups is 1. The quantitative estimate of drug-likeness (QED) is 0.811. The Morgan fingerprint density at radius 1 is 1.42 bits per heavy atom. The van der Waals surface area contributed by atoms with E-state index >= 15 is 0 Å². The number of aliphatic hydroxyl groups is 1. The van der Waals surface area contributed by atoms with Crippen LogP contribution in [-0.2, 0) is 16.1 Å². The van der Waals surface area contributed by atoms with Crippen molar-refractivity contribution in [3.63, 3.8) is 0 Å². The predicted octanol–water partition coefficient (Wildman–Crippen LogP) is 2.24. The molecule has 1 aromatic rings. The van der Waals surface area contributed by atoms with Crippen LogP contribution >= 0.6 is 11.8 Å². The monoisotopic (exact) mass is 278 g/mol. The minimum absolute atomic E-state index is 0.186. The van der Waals surface area contributed by atoms with E-state index in [0.29, 0.717) is 5.75 Å². The number of carbonyl (C=O) groups is 1. The summed E-state index contributed by atoms with van der Waals surface area (Å²) in [5, 5.41) is 9.66. The zero-order valence-corrected chi connectivity index (χ0v) is 11.9. The number of aliphatic hydroxyl groups excluding tert-OH is 1. The van der Waals surface area contributed by atoms with Crippen molar-refractivity contribution < 1.29 is 14.6 Å². The third kappa shape index (κ3) is 5.48. The van der Waals surface area contributed by atoms with Crippen molar-refractivity contribution in [2.75, 3.05) is 5.75 Å². The van der Waals surface area contributed by atoms with Crippen molar-refractivity contribution in [3.8, 4) is 11.8 Å². The summed E-state index contributed by atoms with van der Waals surface area (Å²) in [4.78, 5) is 11.9. The molecule has 1 N–H and O–H groups in total. The largest absolute Gasteiger partial charge is 0.377 e. The second kappa shape index (κ2) is 8.76. The van der Waals surface area contributed by atoms with E-state index in [9.17, 15) is 9.90 Å². The van der Waals surface area contributed by atoms with Crippen LogP contribution in [0.1, 0.15) is 19.4 Å². The molecule has 2 atom stereocenters. The lowest BCUT2D eigenvalue weighted by Gasteiger charge is -2.18. The molecule has 3 nitrogen and oxygen atoms in total. The SMILES string of the molecule is CC#C[C@H](O)[C@@H](OCc1ccccc1)C(=O)SCC. The highest BCUT2D eigenvalue weighted by Crippen LogP contribution is 2.14. The number of hydrogen-bond acceptors (Lipinski definition) is 4. The van der Waals surface area contributed by atoms with Crippen LogP contribution in [0.3, 0.4) is 0 Å². The Bertz CT molecular complexity index is 447. The van der Waals surface area contributed by atoms with Gasteiger partial charge >= 0.3 is 0 Å². The van der Waals surface area contributed by atoms with Crippen LogP contribution in [0.4, 0.5) is 0 Å². The summed E-state index contributed by atoms with van der Waals surface area (Å²) in [7, 11) is 0. The second-order valence-corrected chi connectivity index (χ2v) is 5.08. The van der Waals surface area contributed by atoms with E-state index in [-0.39, 0.29) is 11.7 Å². The van der Waals surface area contributed by atoms with Gasteiger partial charge in [-0.05, 0) is 18.2 Å². The Hall–Kier alpha value is -1.28. The Morgan fingerprint density at radius 3 is 2.68 bits per heavy atom. The molecule has 1 rings (SSSR count). The molecule has 0 radical (unpaired) electrons. The fourth-order valence-electron chi connectivity index (χ4n) is 1.50. The van der Waals surface area contributed by atoms with Crippen LogP contribution in [-0.4, -0.2) is 28.2 Å². The van der Waals surface area contributed by atoms with Gasteiger partial charge in [-0.1, -0.05) is 54.9 Å². The van der Waals surface area contributed by atoms with Gasteiger partial charge in [0.1, 0.15) is 6.10 Å². The Morgan fingerprint density at radius 2 is 2.11 bits per heavy atom. The summed E-state index contributed by atoms with van der Waals surface area (Å²) in [5.74, 6) is 5.82. The molecule has 102 valence electrons. The van der Waals surface area contributed by atoms with Crippen LogP contribution in [0, 0.1) is 11.8 Å². The zero-order valence-electron chi connectivity index (χ0n) is 11.1. The van der Waals surface area contributed by atoms with E-state index in [4.69, 9.17) is 4.74 Å². The number of carbonyl (C=O) groups excluding carboxylic acids is 1. The maximum Gasteiger partial charge on any atom is 0.221 e. The molecule has 0 aromatic heterocycles. The van der Waals surface area contributed by atoms with Crippen LogP contribution in [0.25, 0.3) is 0 Å². The summed E-state index contributed by atoms with van der Waals surface area (Å²) in [5.41, 5.74) is 0.957. The number of hydrogen-bond donors (Lipinski definition) is 1. The standard InChI is InChI=1S/C15H18O3S/c1-3-8-13(16)14(15(17)19-4-2)18-11-12-9-6-5-7-10-12/h5-7,9-10,13-14,16H,4,11H2,1-2H3/t13-,14+/m0/s1. The third-order valence-corrected chi connectivity index (χ3v) is 3.18. The first-order valence-electron chi connectivity index (χ1n) is 6.11. The van der Waals surface area contributed by atoms with E-state index in [1.54, 1.807) is 6.92 Å². The smallest absolute Gasteiger partial charge is 0.221 e. The molecule has 0 unspecified atom stereocenters. The molecule has 4 heteroatoms. The number of benzene rings is 1. The second-order valence-electron chi connectivity index (χ2n) is 3.81. The van der Waals surface area contributed by atoms with E-state index < -0.39 is 12.2 Å². The van der Waals surface area contributed by atoms with E-state index in [0.717, 1.165) is 17.3 Å². The molecule has 19 heavy (non-hydrogen) atoms. The lowest BCUT2D eigenvalue weighted by atomic mass is 10.2. The molecule has 0 aliphatic rings. The molecular formula is C15H18O3S. The molecular weight excluding hydrogens is 260 g/mol. The Labute approximate surface area is 118 Å². The van der Waals surface area contributed by atoms with Gasteiger partial charge in [-0.2, -0.15) is 0 Å². The highest BCUT2D eigenvalue weighted by Gasteiger charge is 2.26. The van der Waals surface area contributed by atoms with Crippen molar-refractivity contribution in [1.82, 2.24) is 0 Å². The third-order valence-electron chi connectivity index (χ3n) is 2.37. The average molecular weight is 278 g/mol. The fraction of sp³-hybridized carbons (Fsp3) is 0.400.